The molecule has 0 atom stereocenters. The fourth-order valence-corrected chi connectivity index (χ4v) is 5.19. The van der Waals surface area contributed by atoms with Crippen LogP contribution in [0.2, 0.25) is 0 Å². The highest BCUT2D eigenvalue weighted by Crippen LogP contribution is 2.33. The molecule has 9 heteroatoms. The Labute approximate surface area is 202 Å². The molecule has 0 radical (unpaired) electrons. The smallest absolute Gasteiger partial charge is 0.284 e. The van der Waals surface area contributed by atoms with Gasteiger partial charge < -0.3 is 4.90 Å². The van der Waals surface area contributed by atoms with Gasteiger partial charge in [-0.15, -0.1) is 11.3 Å². The van der Waals surface area contributed by atoms with Crippen molar-refractivity contribution >= 4 is 38.1 Å². The van der Waals surface area contributed by atoms with E-state index in [0.717, 1.165) is 11.3 Å². The SMILES string of the molecule is Cc1sc(N(Cc2ccccc2)c2ccc(C#N)cc2)nc1C(=O)NS(=O)(=O)c1ccccc1. The van der Waals surface area contributed by atoms with E-state index in [2.05, 4.69) is 15.8 Å². The number of anilines is 2. The molecule has 4 rings (SSSR count). The Kier molecular flexibility index (Phi) is 6.72. The molecule has 0 saturated heterocycles. The molecule has 1 aromatic heterocycles. The number of nitrogens with zero attached hydrogens (tertiary/aromatic N) is 3. The number of sulfonamides is 1. The van der Waals surface area contributed by atoms with Crippen LogP contribution in [0.5, 0.6) is 0 Å². The fraction of sp³-hybridized carbons (Fsp3) is 0.0800. The zero-order valence-electron chi connectivity index (χ0n) is 18.2. The van der Waals surface area contributed by atoms with Gasteiger partial charge in [0.05, 0.1) is 23.1 Å². The van der Waals surface area contributed by atoms with Crippen LogP contribution < -0.4 is 9.62 Å². The van der Waals surface area contributed by atoms with E-state index in [1.54, 1.807) is 37.3 Å². The standard InChI is InChI=1S/C25H20N4O3S2/c1-18-23(24(30)28-34(31,32)22-10-6-3-7-11-22)27-25(33-18)29(17-20-8-4-2-5-9-20)21-14-12-19(16-26)13-15-21/h2-15H,17H2,1H3,(H,28,30). The molecule has 0 aliphatic heterocycles. The Morgan fingerprint density at radius 2 is 1.62 bits per heavy atom. The average molecular weight is 489 g/mol. The van der Waals surface area contributed by atoms with Crippen molar-refractivity contribution < 1.29 is 13.2 Å². The van der Waals surface area contributed by atoms with Gasteiger partial charge in [-0.05, 0) is 48.9 Å². The molecule has 1 heterocycles. The van der Waals surface area contributed by atoms with E-state index in [9.17, 15) is 13.2 Å². The molecule has 1 amide bonds. The summed E-state index contributed by atoms with van der Waals surface area (Å²) in [5, 5.41) is 9.66. The van der Waals surface area contributed by atoms with Crippen LogP contribution in [-0.4, -0.2) is 19.3 Å². The number of aromatic nitrogens is 1. The first-order valence-electron chi connectivity index (χ1n) is 10.3. The zero-order valence-corrected chi connectivity index (χ0v) is 19.8. The fourth-order valence-electron chi connectivity index (χ4n) is 3.29. The minimum absolute atomic E-state index is 0.000238. The summed E-state index contributed by atoms with van der Waals surface area (Å²) in [4.78, 5) is 19.9. The number of thiazole rings is 1. The van der Waals surface area contributed by atoms with Crippen molar-refractivity contribution in [2.24, 2.45) is 0 Å². The van der Waals surface area contributed by atoms with Gasteiger partial charge in [-0.2, -0.15) is 5.26 Å². The second-order valence-corrected chi connectivity index (χ2v) is 10.2. The third-order valence-electron chi connectivity index (χ3n) is 5.00. The Bertz CT molecular complexity index is 1440. The first-order valence-corrected chi connectivity index (χ1v) is 12.6. The van der Waals surface area contributed by atoms with Gasteiger partial charge in [0.2, 0.25) is 0 Å². The van der Waals surface area contributed by atoms with Crippen LogP contribution in [0.25, 0.3) is 0 Å². The summed E-state index contributed by atoms with van der Waals surface area (Å²) in [5.41, 5.74) is 2.40. The van der Waals surface area contributed by atoms with E-state index >= 15 is 0 Å². The lowest BCUT2D eigenvalue weighted by Crippen LogP contribution is -2.31. The molecule has 170 valence electrons. The lowest BCUT2D eigenvalue weighted by atomic mass is 10.2. The number of aryl methyl sites for hydroxylation is 1. The Morgan fingerprint density at radius 3 is 2.24 bits per heavy atom. The van der Waals surface area contributed by atoms with E-state index < -0.39 is 15.9 Å². The van der Waals surface area contributed by atoms with Gasteiger partial charge in [0, 0.05) is 10.6 Å². The predicted octanol–water partition coefficient (Wildman–Crippen LogP) is 4.78. The maximum absolute atomic E-state index is 12.9. The number of benzene rings is 3. The number of nitrogens with one attached hydrogen (secondary N) is 1. The molecule has 0 aliphatic carbocycles. The third-order valence-corrected chi connectivity index (χ3v) is 7.34. The largest absolute Gasteiger partial charge is 0.313 e. The molecule has 0 spiro atoms. The zero-order chi connectivity index (χ0) is 24.1. The summed E-state index contributed by atoms with van der Waals surface area (Å²) in [6.07, 6.45) is 0. The van der Waals surface area contributed by atoms with E-state index in [-0.39, 0.29) is 10.6 Å². The van der Waals surface area contributed by atoms with Gasteiger partial charge in [0.15, 0.2) is 5.13 Å². The molecule has 0 bridgehead atoms. The molecule has 0 saturated carbocycles. The highest BCUT2D eigenvalue weighted by atomic mass is 32.2. The van der Waals surface area contributed by atoms with Crippen molar-refractivity contribution in [3.8, 4) is 6.07 Å². The van der Waals surface area contributed by atoms with Crippen molar-refractivity contribution in [3.05, 3.63) is 107 Å². The highest BCUT2D eigenvalue weighted by Gasteiger charge is 2.24. The monoisotopic (exact) mass is 488 g/mol. The molecule has 0 unspecified atom stereocenters. The second kappa shape index (κ2) is 9.87. The van der Waals surface area contributed by atoms with Crippen LogP contribution in [0, 0.1) is 18.3 Å². The average Bonchev–Trinajstić information content (AvgIpc) is 3.25. The summed E-state index contributed by atoms with van der Waals surface area (Å²) < 4.78 is 27.3. The summed E-state index contributed by atoms with van der Waals surface area (Å²) in [6, 6.07) is 26.6. The van der Waals surface area contributed by atoms with Crippen LogP contribution >= 0.6 is 11.3 Å². The number of hydrogen-bond donors (Lipinski definition) is 1. The lowest BCUT2D eigenvalue weighted by Gasteiger charge is -2.22. The topological polar surface area (TPSA) is 103 Å². The van der Waals surface area contributed by atoms with Crippen LogP contribution in [0.1, 0.15) is 26.5 Å². The molecular weight excluding hydrogens is 468 g/mol. The molecule has 7 nitrogen and oxygen atoms in total. The van der Waals surface area contributed by atoms with Gasteiger partial charge in [-0.25, -0.2) is 18.1 Å². The molecular formula is C25H20N4O3S2. The van der Waals surface area contributed by atoms with Gasteiger partial charge >= 0.3 is 0 Å². The molecule has 4 aromatic rings. The third kappa shape index (κ3) is 5.14. The minimum Gasteiger partial charge on any atom is -0.313 e. The van der Waals surface area contributed by atoms with Crippen LogP contribution in [0.15, 0.2) is 89.8 Å². The van der Waals surface area contributed by atoms with Gasteiger partial charge in [0.1, 0.15) is 5.69 Å². The maximum Gasteiger partial charge on any atom is 0.284 e. The Hall–Kier alpha value is -4.00. The van der Waals surface area contributed by atoms with E-state index in [4.69, 9.17) is 5.26 Å². The van der Waals surface area contributed by atoms with Crippen molar-refractivity contribution in [1.29, 1.82) is 5.26 Å². The summed E-state index contributed by atoms with van der Waals surface area (Å²) in [6.45, 7) is 2.20. The van der Waals surface area contributed by atoms with E-state index in [1.807, 2.05) is 47.4 Å². The Balaban J connectivity index is 1.66. The van der Waals surface area contributed by atoms with Gasteiger partial charge in [-0.1, -0.05) is 48.5 Å². The predicted molar refractivity (Wildman–Crippen MR) is 131 cm³/mol. The molecule has 3 aromatic carbocycles. The second-order valence-electron chi connectivity index (χ2n) is 7.38. The number of carbonyl (C=O) groups is 1. The summed E-state index contributed by atoms with van der Waals surface area (Å²) in [7, 11) is -4.02. The number of amides is 1. The molecule has 34 heavy (non-hydrogen) atoms. The lowest BCUT2D eigenvalue weighted by molar-refractivity contribution is 0.0976. The number of carbonyl (C=O) groups excluding carboxylic acids is 1. The van der Waals surface area contributed by atoms with E-state index in [0.29, 0.717) is 22.1 Å². The van der Waals surface area contributed by atoms with Crippen molar-refractivity contribution in [2.75, 3.05) is 4.90 Å². The van der Waals surface area contributed by atoms with Crippen molar-refractivity contribution in [1.82, 2.24) is 9.71 Å². The molecule has 1 N–H and O–H groups in total. The van der Waals surface area contributed by atoms with Gasteiger partial charge in [-0.3, -0.25) is 4.79 Å². The van der Waals surface area contributed by atoms with Gasteiger partial charge in [0.25, 0.3) is 15.9 Å². The number of nitriles is 1. The van der Waals surface area contributed by atoms with Crippen LogP contribution in [0.4, 0.5) is 10.8 Å². The van der Waals surface area contributed by atoms with Crippen molar-refractivity contribution in [2.45, 2.75) is 18.4 Å². The van der Waals surface area contributed by atoms with Crippen LogP contribution in [0.3, 0.4) is 0 Å². The normalized spacial score (nSPS) is 10.9. The number of rotatable bonds is 7. The first kappa shape index (κ1) is 23.2. The van der Waals surface area contributed by atoms with Crippen LogP contribution in [-0.2, 0) is 16.6 Å². The van der Waals surface area contributed by atoms with Crippen molar-refractivity contribution in [3.63, 3.8) is 0 Å². The van der Waals surface area contributed by atoms with E-state index in [1.165, 1.54) is 23.5 Å². The number of hydrogen-bond acceptors (Lipinski definition) is 7. The molecule has 0 aliphatic rings. The quantitative estimate of drug-likeness (QED) is 0.402. The summed E-state index contributed by atoms with van der Waals surface area (Å²) >= 11 is 1.29. The minimum atomic E-state index is -4.02. The molecule has 0 fully saturated rings. The highest BCUT2D eigenvalue weighted by molar-refractivity contribution is 7.90. The summed E-state index contributed by atoms with van der Waals surface area (Å²) in [5.74, 6) is -0.789. The Morgan fingerprint density at radius 1 is 1.00 bits per heavy atom. The maximum atomic E-state index is 12.9. The first-order chi connectivity index (χ1) is 16.4.